The number of nitrogens with one attached hydrogen (secondary N) is 1. The van der Waals surface area contributed by atoms with E-state index in [2.05, 4.69) is 5.32 Å². The fraction of sp³-hybridized carbons (Fsp3) is 0.0714. The lowest BCUT2D eigenvalue weighted by Gasteiger charge is -2.08. The van der Waals surface area contributed by atoms with Crippen molar-refractivity contribution < 1.29 is 4.92 Å². The summed E-state index contributed by atoms with van der Waals surface area (Å²) < 4.78 is 0. The number of rotatable bonds is 4. The second-order valence-corrected chi connectivity index (χ2v) is 4.48. The van der Waals surface area contributed by atoms with Gasteiger partial charge >= 0.3 is 0 Å². The number of nitriles is 1. The third-order valence-corrected chi connectivity index (χ3v) is 2.99. The summed E-state index contributed by atoms with van der Waals surface area (Å²) in [6.07, 6.45) is 0. The number of nitro groups is 1. The molecule has 100 valence electrons. The monoisotopic (exact) mass is 287 g/mol. The second-order valence-electron chi connectivity index (χ2n) is 4.04. The van der Waals surface area contributed by atoms with Crippen molar-refractivity contribution in [1.82, 2.24) is 0 Å². The third-order valence-electron chi connectivity index (χ3n) is 2.76. The van der Waals surface area contributed by atoms with Crippen molar-refractivity contribution in [3.63, 3.8) is 0 Å². The lowest BCUT2D eigenvalue weighted by atomic mass is 10.1. The molecule has 0 saturated heterocycles. The molecule has 0 unspecified atom stereocenters. The standard InChI is InChI=1S/C14H10ClN3O2/c15-12-5-6-13(11(7-12)8-16)17-9-10-3-1-2-4-14(10)18(19)20/h1-7,17H,9H2. The van der Waals surface area contributed by atoms with Crippen LogP contribution in [0.1, 0.15) is 11.1 Å². The Labute approximate surface area is 120 Å². The molecule has 5 nitrogen and oxygen atoms in total. The predicted molar refractivity (Wildman–Crippen MR) is 76.6 cm³/mol. The first kappa shape index (κ1) is 13.8. The van der Waals surface area contributed by atoms with Crippen molar-refractivity contribution >= 4 is 23.0 Å². The van der Waals surface area contributed by atoms with Crippen LogP contribution in [0.2, 0.25) is 5.02 Å². The Balaban J connectivity index is 2.22. The molecule has 20 heavy (non-hydrogen) atoms. The van der Waals surface area contributed by atoms with Crippen molar-refractivity contribution in [2.24, 2.45) is 0 Å². The SMILES string of the molecule is N#Cc1cc(Cl)ccc1NCc1ccccc1[N+](=O)[O-]. The van der Waals surface area contributed by atoms with E-state index < -0.39 is 4.92 Å². The molecular weight excluding hydrogens is 278 g/mol. The third kappa shape index (κ3) is 3.05. The van der Waals surface area contributed by atoms with Crippen molar-refractivity contribution in [3.05, 3.63) is 68.7 Å². The van der Waals surface area contributed by atoms with E-state index in [1.54, 1.807) is 36.4 Å². The summed E-state index contributed by atoms with van der Waals surface area (Å²) in [6, 6.07) is 13.4. The van der Waals surface area contributed by atoms with E-state index in [1.807, 2.05) is 6.07 Å². The van der Waals surface area contributed by atoms with Crippen molar-refractivity contribution in [3.8, 4) is 6.07 Å². The maximum absolute atomic E-state index is 10.9. The zero-order valence-electron chi connectivity index (χ0n) is 10.3. The maximum Gasteiger partial charge on any atom is 0.274 e. The molecule has 2 aromatic rings. The number of para-hydroxylation sites is 1. The smallest absolute Gasteiger partial charge is 0.274 e. The molecule has 0 aliphatic rings. The number of anilines is 1. The van der Waals surface area contributed by atoms with Gasteiger partial charge in [0, 0.05) is 23.2 Å². The van der Waals surface area contributed by atoms with Crippen LogP contribution in [0.15, 0.2) is 42.5 Å². The molecule has 0 bridgehead atoms. The Morgan fingerprint density at radius 1 is 1.30 bits per heavy atom. The highest BCUT2D eigenvalue weighted by atomic mass is 35.5. The van der Waals surface area contributed by atoms with E-state index in [9.17, 15) is 10.1 Å². The van der Waals surface area contributed by atoms with Gasteiger partial charge in [-0.1, -0.05) is 29.8 Å². The highest BCUT2D eigenvalue weighted by Gasteiger charge is 2.12. The van der Waals surface area contributed by atoms with Crippen LogP contribution in [0, 0.1) is 21.4 Å². The summed E-state index contributed by atoms with van der Waals surface area (Å²) in [7, 11) is 0. The van der Waals surface area contributed by atoms with Crippen LogP contribution in [0.4, 0.5) is 11.4 Å². The van der Waals surface area contributed by atoms with Gasteiger partial charge in [0.1, 0.15) is 6.07 Å². The Morgan fingerprint density at radius 2 is 2.05 bits per heavy atom. The van der Waals surface area contributed by atoms with Gasteiger partial charge in [-0.05, 0) is 18.2 Å². The first-order valence-corrected chi connectivity index (χ1v) is 6.15. The topological polar surface area (TPSA) is 79.0 Å². The molecule has 2 rings (SSSR count). The van der Waals surface area contributed by atoms with E-state index in [0.29, 0.717) is 21.8 Å². The minimum Gasteiger partial charge on any atom is -0.380 e. The van der Waals surface area contributed by atoms with E-state index in [-0.39, 0.29) is 12.2 Å². The molecule has 0 amide bonds. The summed E-state index contributed by atoms with van der Waals surface area (Å²) in [5, 5.41) is 23.4. The van der Waals surface area contributed by atoms with Gasteiger partial charge < -0.3 is 5.32 Å². The van der Waals surface area contributed by atoms with Crippen molar-refractivity contribution in [2.75, 3.05) is 5.32 Å². The van der Waals surface area contributed by atoms with Gasteiger partial charge in [-0.2, -0.15) is 5.26 Å². The van der Waals surface area contributed by atoms with Crippen LogP contribution in [0.25, 0.3) is 0 Å². The lowest BCUT2D eigenvalue weighted by Crippen LogP contribution is -2.04. The normalized spacial score (nSPS) is 9.80. The number of hydrogen-bond acceptors (Lipinski definition) is 4. The number of nitro benzene ring substituents is 1. The van der Waals surface area contributed by atoms with E-state index in [4.69, 9.17) is 16.9 Å². The van der Waals surface area contributed by atoms with Gasteiger partial charge in [0.2, 0.25) is 0 Å². The molecule has 0 spiro atoms. The minimum absolute atomic E-state index is 0.0486. The minimum atomic E-state index is -0.427. The predicted octanol–water partition coefficient (Wildman–Crippen LogP) is 3.73. The zero-order valence-corrected chi connectivity index (χ0v) is 11.1. The fourth-order valence-electron chi connectivity index (χ4n) is 1.79. The van der Waals surface area contributed by atoms with Crippen LogP contribution < -0.4 is 5.32 Å². The molecule has 0 fully saturated rings. The molecule has 1 N–H and O–H groups in total. The largest absolute Gasteiger partial charge is 0.380 e. The summed E-state index contributed by atoms with van der Waals surface area (Å²) in [5.41, 5.74) is 1.59. The first-order valence-electron chi connectivity index (χ1n) is 5.77. The van der Waals surface area contributed by atoms with E-state index >= 15 is 0 Å². The van der Waals surface area contributed by atoms with Crippen LogP contribution in [-0.2, 0) is 6.54 Å². The Morgan fingerprint density at radius 3 is 2.75 bits per heavy atom. The number of benzene rings is 2. The molecule has 0 heterocycles. The number of hydrogen-bond donors (Lipinski definition) is 1. The molecule has 0 atom stereocenters. The lowest BCUT2D eigenvalue weighted by molar-refractivity contribution is -0.385. The van der Waals surface area contributed by atoms with Gasteiger partial charge in [0.05, 0.1) is 16.2 Å². The second kappa shape index (κ2) is 6.04. The van der Waals surface area contributed by atoms with Crippen molar-refractivity contribution in [1.29, 1.82) is 5.26 Å². The molecule has 0 aliphatic carbocycles. The molecule has 0 aliphatic heterocycles. The molecule has 0 saturated carbocycles. The van der Waals surface area contributed by atoms with E-state index in [0.717, 1.165) is 0 Å². The molecule has 2 aromatic carbocycles. The average Bonchev–Trinajstić information content (AvgIpc) is 2.46. The van der Waals surface area contributed by atoms with Gasteiger partial charge in [0.25, 0.3) is 5.69 Å². The highest BCUT2D eigenvalue weighted by Crippen LogP contribution is 2.23. The first-order chi connectivity index (χ1) is 9.61. The average molecular weight is 288 g/mol. The van der Waals surface area contributed by atoms with Gasteiger partial charge in [0.15, 0.2) is 0 Å². The number of nitrogens with zero attached hydrogens (tertiary/aromatic N) is 2. The van der Waals surface area contributed by atoms with Gasteiger partial charge in [-0.25, -0.2) is 0 Å². The van der Waals surface area contributed by atoms with Crippen LogP contribution in [-0.4, -0.2) is 4.92 Å². The van der Waals surface area contributed by atoms with Crippen molar-refractivity contribution in [2.45, 2.75) is 6.54 Å². The van der Waals surface area contributed by atoms with Crippen LogP contribution >= 0.6 is 11.6 Å². The summed E-state index contributed by atoms with van der Waals surface area (Å²) in [5.74, 6) is 0. The molecular formula is C14H10ClN3O2. The quantitative estimate of drug-likeness (QED) is 0.686. The number of halogens is 1. The zero-order chi connectivity index (χ0) is 14.5. The Kier molecular flexibility index (Phi) is 4.18. The summed E-state index contributed by atoms with van der Waals surface area (Å²) >= 11 is 5.81. The highest BCUT2D eigenvalue weighted by molar-refractivity contribution is 6.30. The molecule has 0 aromatic heterocycles. The molecule has 6 heteroatoms. The van der Waals surface area contributed by atoms with Gasteiger partial charge in [-0.15, -0.1) is 0 Å². The maximum atomic E-state index is 10.9. The Hall–Kier alpha value is -2.58. The van der Waals surface area contributed by atoms with E-state index in [1.165, 1.54) is 6.07 Å². The summed E-state index contributed by atoms with van der Waals surface area (Å²) in [6.45, 7) is 0.257. The molecule has 0 radical (unpaired) electrons. The van der Waals surface area contributed by atoms with Crippen LogP contribution in [0.3, 0.4) is 0 Å². The fourth-order valence-corrected chi connectivity index (χ4v) is 1.96. The van der Waals surface area contributed by atoms with Gasteiger partial charge in [-0.3, -0.25) is 10.1 Å². The van der Waals surface area contributed by atoms with Crippen LogP contribution in [0.5, 0.6) is 0 Å². The Bertz CT molecular complexity index is 695. The summed E-state index contributed by atoms with van der Waals surface area (Å²) in [4.78, 5) is 10.5.